The van der Waals surface area contributed by atoms with Crippen LogP contribution in [0.3, 0.4) is 0 Å². The van der Waals surface area contributed by atoms with Crippen molar-refractivity contribution in [1.29, 1.82) is 0 Å². The van der Waals surface area contributed by atoms with E-state index in [9.17, 15) is 4.79 Å². The number of hydrogen-bond acceptors (Lipinski definition) is 2. The third kappa shape index (κ3) is 3.05. The van der Waals surface area contributed by atoms with E-state index in [1.807, 2.05) is 61.7 Å². The molecule has 0 unspecified atom stereocenters. The Hall–Kier alpha value is -2.75. The van der Waals surface area contributed by atoms with Gasteiger partial charge in [0, 0.05) is 22.8 Å². The summed E-state index contributed by atoms with van der Waals surface area (Å²) in [5, 5.41) is 3.90. The van der Waals surface area contributed by atoms with Gasteiger partial charge in [0.05, 0.1) is 0 Å². The molecule has 0 atom stereocenters. The van der Waals surface area contributed by atoms with Crippen molar-refractivity contribution >= 4 is 22.5 Å². The number of ether oxygens (including phenoxy) is 1. The van der Waals surface area contributed by atoms with Crippen LogP contribution in [0.4, 0.5) is 5.69 Å². The van der Waals surface area contributed by atoms with E-state index >= 15 is 0 Å². The maximum Gasteiger partial charge on any atom is 0.262 e. The Morgan fingerprint density at radius 1 is 1.19 bits per heavy atom. The van der Waals surface area contributed by atoms with Crippen LogP contribution in [-0.4, -0.2) is 17.5 Å². The minimum Gasteiger partial charge on any atom is -0.483 e. The minimum absolute atomic E-state index is 0.00394. The number of H-pyrrole nitrogens is 1. The molecule has 3 aromatic rings. The quantitative estimate of drug-likeness (QED) is 0.768. The van der Waals surface area contributed by atoms with Gasteiger partial charge < -0.3 is 15.0 Å². The Kier molecular flexibility index (Phi) is 3.60. The van der Waals surface area contributed by atoms with E-state index in [0.29, 0.717) is 0 Å². The van der Waals surface area contributed by atoms with Crippen LogP contribution in [0.25, 0.3) is 10.9 Å². The van der Waals surface area contributed by atoms with Gasteiger partial charge in [0.25, 0.3) is 5.91 Å². The Bertz CT molecular complexity index is 777. The maximum atomic E-state index is 11.9. The van der Waals surface area contributed by atoms with Crippen LogP contribution in [-0.2, 0) is 4.79 Å². The highest BCUT2D eigenvalue weighted by Gasteiger charge is 2.06. The average Bonchev–Trinajstić information content (AvgIpc) is 2.94. The van der Waals surface area contributed by atoms with Crippen LogP contribution in [0, 0.1) is 6.92 Å². The highest BCUT2D eigenvalue weighted by atomic mass is 16.5. The van der Waals surface area contributed by atoms with Gasteiger partial charge in [-0.05, 0) is 42.8 Å². The molecule has 0 saturated heterocycles. The normalized spacial score (nSPS) is 10.5. The number of carbonyl (C=O) groups excluding carboxylic acids is 1. The number of aromatic nitrogens is 1. The summed E-state index contributed by atoms with van der Waals surface area (Å²) < 4.78 is 5.53. The van der Waals surface area contributed by atoms with E-state index in [1.165, 1.54) is 0 Å². The predicted octanol–water partition coefficient (Wildman–Crippen LogP) is 3.49. The molecule has 1 amide bonds. The number of rotatable bonds is 4. The molecule has 0 aliphatic heterocycles. The third-order valence-electron chi connectivity index (χ3n) is 3.29. The van der Waals surface area contributed by atoms with Crippen molar-refractivity contribution in [3.8, 4) is 5.75 Å². The third-order valence-corrected chi connectivity index (χ3v) is 3.29. The smallest absolute Gasteiger partial charge is 0.262 e. The molecule has 0 saturated carbocycles. The van der Waals surface area contributed by atoms with Gasteiger partial charge in [-0.3, -0.25) is 4.79 Å². The molecule has 0 aliphatic carbocycles. The van der Waals surface area contributed by atoms with Gasteiger partial charge in [0.2, 0.25) is 0 Å². The summed E-state index contributed by atoms with van der Waals surface area (Å²) >= 11 is 0. The van der Waals surface area contributed by atoms with Crippen LogP contribution in [0.2, 0.25) is 0 Å². The molecule has 106 valence electrons. The molecule has 2 aromatic carbocycles. The lowest BCUT2D eigenvalue weighted by molar-refractivity contribution is -0.118. The molecule has 4 nitrogen and oxygen atoms in total. The molecule has 2 N–H and O–H groups in total. The number of para-hydroxylation sites is 1. The van der Waals surface area contributed by atoms with Crippen molar-refractivity contribution in [3.63, 3.8) is 0 Å². The summed E-state index contributed by atoms with van der Waals surface area (Å²) in [6.07, 6.45) is 1.87. The summed E-state index contributed by atoms with van der Waals surface area (Å²) in [6.45, 7) is 1.95. The van der Waals surface area contributed by atoms with Crippen molar-refractivity contribution in [3.05, 3.63) is 60.3 Å². The van der Waals surface area contributed by atoms with Gasteiger partial charge >= 0.3 is 0 Å². The predicted molar refractivity (Wildman–Crippen MR) is 83.6 cm³/mol. The summed E-state index contributed by atoms with van der Waals surface area (Å²) in [6, 6.07) is 15.3. The van der Waals surface area contributed by atoms with Crippen molar-refractivity contribution in [2.75, 3.05) is 11.9 Å². The van der Waals surface area contributed by atoms with Crippen LogP contribution < -0.4 is 10.1 Å². The second-order valence-corrected chi connectivity index (χ2v) is 4.88. The summed E-state index contributed by atoms with van der Waals surface area (Å²) in [4.78, 5) is 15.0. The number of fused-ring (bicyclic) bond motifs is 1. The molecule has 0 bridgehead atoms. The molecule has 1 aromatic heterocycles. The van der Waals surface area contributed by atoms with Crippen molar-refractivity contribution in [2.45, 2.75) is 6.92 Å². The monoisotopic (exact) mass is 280 g/mol. The number of anilines is 1. The van der Waals surface area contributed by atoms with Gasteiger partial charge in [0.1, 0.15) is 5.75 Å². The van der Waals surface area contributed by atoms with Gasteiger partial charge in [-0.1, -0.05) is 18.2 Å². The minimum atomic E-state index is -0.173. The van der Waals surface area contributed by atoms with Crippen LogP contribution >= 0.6 is 0 Å². The molecular formula is C17H16N2O2. The van der Waals surface area contributed by atoms with E-state index in [-0.39, 0.29) is 12.5 Å². The lowest BCUT2D eigenvalue weighted by Gasteiger charge is -2.09. The van der Waals surface area contributed by atoms with E-state index in [0.717, 1.165) is 27.9 Å². The zero-order valence-corrected chi connectivity index (χ0v) is 11.7. The topological polar surface area (TPSA) is 54.1 Å². The Morgan fingerprint density at radius 3 is 2.90 bits per heavy atom. The summed E-state index contributed by atoms with van der Waals surface area (Å²) in [5.41, 5.74) is 2.82. The first-order chi connectivity index (χ1) is 10.2. The van der Waals surface area contributed by atoms with Crippen molar-refractivity contribution in [1.82, 2.24) is 4.98 Å². The second-order valence-electron chi connectivity index (χ2n) is 4.88. The number of nitrogens with one attached hydrogen (secondary N) is 2. The van der Waals surface area contributed by atoms with Gasteiger partial charge in [-0.2, -0.15) is 0 Å². The first-order valence-corrected chi connectivity index (χ1v) is 6.78. The fourth-order valence-electron chi connectivity index (χ4n) is 2.19. The molecule has 0 spiro atoms. The van der Waals surface area contributed by atoms with Crippen molar-refractivity contribution in [2.24, 2.45) is 0 Å². The number of aryl methyl sites for hydroxylation is 1. The zero-order valence-electron chi connectivity index (χ0n) is 11.7. The summed E-state index contributed by atoms with van der Waals surface area (Å²) in [7, 11) is 0. The molecule has 1 heterocycles. The number of hydrogen-bond donors (Lipinski definition) is 2. The van der Waals surface area contributed by atoms with Crippen molar-refractivity contribution < 1.29 is 9.53 Å². The van der Waals surface area contributed by atoms with Crippen LogP contribution in [0.15, 0.2) is 54.7 Å². The zero-order chi connectivity index (χ0) is 14.7. The van der Waals surface area contributed by atoms with E-state index < -0.39 is 0 Å². The molecule has 3 rings (SSSR count). The van der Waals surface area contributed by atoms with Crippen LogP contribution in [0.5, 0.6) is 5.75 Å². The Morgan fingerprint density at radius 2 is 2.05 bits per heavy atom. The highest BCUT2D eigenvalue weighted by molar-refractivity contribution is 5.94. The van der Waals surface area contributed by atoms with Gasteiger partial charge in [-0.15, -0.1) is 0 Å². The SMILES string of the molecule is Cc1ccccc1OCC(=O)Nc1ccc2[nH]ccc2c1. The summed E-state index contributed by atoms with van der Waals surface area (Å²) in [5.74, 6) is 0.557. The average molecular weight is 280 g/mol. The first-order valence-electron chi connectivity index (χ1n) is 6.78. The lowest BCUT2D eigenvalue weighted by atomic mass is 10.2. The maximum absolute atomic E-state index is 11.9. The fourth-order valence-corrected chi connectivity index (χ4v) is 2.19. The lowest BCUT2D eigenvalue weighted by Crippen LogP contribution is -2.20. The standard InChI is InChI=1S/C17H16N2O2/c1-12-4-2-3-5-16(12)21-11-17(20)19-14-6-7-15-13(10-14)8-9-18-15/h2-10,18H,11H2,1H3,(H,19,20). The Labute approximate surface area is 122 Å². The number of aromatic amines is 1. The van der Waals surface area contributed by atoms with E-state index in [1.54, 1.807) is 0 Å². The van der Waals surface area contributed by atoms with Gasteiger partial charge in [-0.25, -0.2) is 0 Å². The number of carbonyl (C=O) groups is 1. The van der Waals surface area contributed by atoms with E-state index in [4.69, 9.17) is 4.74 Å². The largest absolute Gasteiger partial charge is 0.483 e. The Balaban J connectivity index is 1.62. The second kappa shape index (κ2) is 5.71. The van der Waals surface area contributed by atoms with E-state index in [2.05, 4.69) is 10.3 Å². The molecule has 0 radical (unpaired) electrons. The molecule has 0 aliphatic rings. The first kappa shape index (κ1) is 13.2. The highest BCUT2D eigenvalue weighted by Crippen LogP contribution is 2.18. The fraction of sp³-hybridized carbons (Fsp3) is 0.118. The molecule has 21 heavy (non-hydrogen) atoms. The van der Waals surface area contributed by atoms with Crippen LogP contribution in [0.1, 0.15) is 5.56 Å². The molecule has 4 heteroatoms. The molecular weight excluding hydrogens is 264 g/mol. The number of benzene rings is 2. The number of amides is 1. The van der Waals surface area contributed by atoms with Gasteiger partial charge in [0.15, 0.2) is 6.61 Å². The molecule has 0 fully saturated rings.